The third kappa shape index (κ3) is 1.72. The van der Waals surface area contributed by atoms with Crippen molar-refractivity contribution in [3.8, 4) is 5.75 Å². The summed E-state index contributed by atoms with van der Waals surface area (Å²) in [4.78, 5) is 4.53. The fraction of sp³-hybridized carbons (Fsp3) is 0.222. The van der Waals surface area contributed by atoms with Crippen LogP contribution < -0.4 is 8.53 Å². The fourth-order valence-electron chi connectivity index (χ4n) is 1.14. The second-order valence-electron chi connectivity index (χ2n) is 2.60. The van der Waals surface area contributed by atoms with Crippen molar-refractivity contribution in [2.24, 2.45) is 0 Å². The Morgan fingerprint density at radius 2 is 2.31 bits per heavy atom. The first-order valence-corrected chi connectivity index (χ1v) is 7.92. The van der Waals surface area contributed by atoms with Gasteiger partial charge in [-0.05, 0) is 0 Å². The summed E-state index contributed by atoms with van der Waals surface area (Å²) in [6, 6.07) is 6.06. The van der Waals surface area contributed by atoms with Gasteiger partial charge in [0.2, 0.25) is 0 Å². The monoisotopic (exact) mass is 255 g/mol. The maximum atomic E-state index is 5.14. The molecule has 0 radical (unpaired) electrons. The number of hydrogen-bond donors (Lipinski definition) is 0. The van der Waals surface area contributed by atoms with Crippen LogP contribution in [0.25, 0.3) is 10.2 Å². The molecule has 0 aliphatic carbocycles. The van der Waals surface area contributed by atoms with Gasteiger partial charge in [-0.1, -0.05) is 0 Å². The predicted octanol–water partition coefficient (Wildman–Crippen LogP) is 1.41. The summed E-state index contributed by atoms with van der Waals surface area (Å²) in [7, 11) is 1.68. The number of ether oxygens (including phenoxy) is 1. The van der Waals surface area contributed by atoms with Gasteiger partial charge in [0.1, 0.15) is 0 Å². The molecule has 0 amide bonds. The number of methoxy groups -OCH3 is 1. The molecule has 2 nitrogen and oxygen atoms in total. The minimum atomic E-state index is -0.00776. The van der Waals surface area contributed by atoms with Gasteiger partial charge < -0.3 is 0 Å². The fourth-order valence-corrected chi connectivity index (χ4v) is 3.76. The Kier molecular flexibility index (Phi) is 2.56. The van der Waals surface area contributed by atoms with Crippen LogP contribution in [0.4, 0.5) is 0 Å². The van der Waals surface area contributed by atoms with Crippen molar-refractivity contribution in [3.05, 3.63) is 18.2 Å². The number of fused-ring (bicyclic) bond motifs is 1. The molecule has 1 aromatic carbocycles. The normalized spacial score (nSPS) is 11.5. The number of hydrogen-bond acceptors (Lipinski definition) is 3. The van der Waals surface area contributed by atoms with E-state index >= 15 is 0 Å². The molecule has 2 rings (SSSR count). The van der Waals surface area contributed by atoms with Crippen molar-refractivity contribution in [3.63, 3.8) is 0 Å². The Labute approximate surface area is 87.6 Å². The standard InChI is InChI=1S/C9H10AsNOS/c1-10-9-11-7-5-6(12-2)3-4-8(7)13-9/h3-5,10H,1-2H3. The molecule has 0 spiro atoms. The minimum absolute atomic E-state index is 0.00776. The molecule has 68 valence electrons. The van der Waals surface area contributed by atoms with Crippen molar-refractivity contribution >= 4 is 41.1 Å². The van der Waals surface area contributed by atoms with E-state index in [1.807, 2.05) is 12.1 Å². The third-order valence-electron chi connectivity index (χ3n) is 1.81. The van der Waals surface area contributed by atoms with E-state index in [1.165, 1.54) is 8.50 Å². The van der Waals surface area contributed by atoms with Crippen molar-refractivity contribution < 1.29 is 4.74 Å². The van der Waals surface area contributed by atoms with Crippen LogP contribution in [-0.2, 0) is 0 Å². The molecular weight excluding hydrogens is 245 g/mol. The van der Waals surface area contributed by atoms with Crippen molar-refractivity contribution in [1.29, 1.82) is 0 Å². The average Bonchev–Trinajstić information content (AvgIpc) is 2.58. The molecule has 0 bridgehead atoms. The summed E-state index contributed by atoms with van der Waals surface area (Å²) in [6.07, 6.45) is 0. The predicted molar refractivity (Wildman–Crippen MR) is 58.8 cm³/mol. The van der Waals surface area contributed by atoms with Gasteiger partial charge in [0.05, 0.1) is 0 Å². The van der Waals surface area contributed by atoms with E-state index < -0.39 is 0 Å². The first kappa shape index (κ1) is 9.04. The molecule has 13 heavy (non-hydrogen) atoms. The molecule has 0 N–H and O–H groups in total. The number of rotatable bonds is 2. The van der Waals surface area contributed by atoms with E-state index in [2.05, 4.69) is 16.8 Å². The van der Waals surface area contributed by atoms with Gasteiger partial charge in [-0.3, -0.25) is 0 Å². The van der Waals surface area contributed by atoms with Crippen LogP contribution in [0.15, 0.2) is 18.2 Å². The Hall–Kier alpha value is -0.532. The van der Waals surface area contributed by atoms with Gasteiger partial charge in [0, 0.05) is 0 Å². The summed E-state index contributed by atoms with van der Waals surface area (Å²) in [5, 5.41) is 0. The summed E-state index contributed by atoms with van der Waals surface area (Å²) < 4.78 is 7.71. The zero-order chi connectivity index (χ0) is 9.26. The SMILES string of the molecule is COc1ccc2sc([AsH]C)nc2c1. The Morgan fingerprint density at radius 1 is 1.46 bits per heavy atom. The molecule has 1 unspecified atom stereocenters. The topological polar surface area (TPSA) is 22.1 Å². The van der Waals surface area contributed by atoms with Crippen LogP contribution in [0.3, 0.4) is 0 Å². The first-order chi connectivity index (χ1) is 6.33. The summed E-state index contributed by atoms with van der Waals surface area (Å²) in [5.74, 6) is 0.889. The Balaban J connectivity index is 2.57. The molecule has 1 heterocycles. The molecule has 2 aromatic rings. The van der Waals surface area contributed by atoms with Crippen LogP contribution in [-0.4, -0.2) is 27.8 Å². The molecule has 1 aromatic heterocycles. The Bertz CT molecular complexity index is 424. The Morgan fingerprint density at radius 3 is 3.00 bits per heavy atom. The van der Waals surface area contributed by atoms with Crippen molar-refractivity contribution in [2.45, 2.75) is 5.71 Å². The summed E-state index contributed by atoms with van der Waals surface area (Å²) in [6.45, 7) is 0. The van der Waals surface area contributed by atoms with E-state index in [0.29, 0.717) is 0 Å². The number of nitrogens with zero attached hydrogens (tertiary/aromatic N) is 1. The zero-order valence-electron chi connectivity index (χ0n) is 7.50. The zero-order valence-corrected chi connectivity index (χ0v) is 10.4. The molecule has 0 fully saturated rings. The molecule has 0 saturated carbocycles. The molecule has 4 heteroatoms. The van der Waals surface area contributed by atoms with Gasteiger partial charge in [0.25, 0.3) is 0 Å². The van der Waals surface area contributed by atoms with Crippen LogP contribution in [0.5, 0.6) is 5.75 Å². The average molecular weight is 255 g/mol. The van der Waals surface area contributed by atoms with Crippen molar-refractivity contribution in [1.82, 2.24) is 4.98 Å². The van der Waals surface area contributed by atoms with Crippen LogP contribution >= 0.6 is 11.3 Å². The number of benzene rings is 1. The number of aromatic nitrogens is 1. The molecule has 1 atom stereocenters. The first-order valence-electron chi connectivity index (χ1n) is 3.96. The second kappa shape index (κ2) is 3.68. The van der Waals surface area contributed by atoms with Gasteiger partial charge in [-0.2, -0.15) is 0 Å². The van der Waals surface area contributed by atoms with Crippen LogP contribution in [0, 0.1) is 0 Å². The van der Waals surface area contributed by atoms with Crippen LogP contribution in [0.2, 0.25) is 5.71 Å². The third-order valence-corrected chi connectivity index (χ3v) is 5.49. The second-order valence-corrected chi connectivity index (χ2v) is 6.44. The quantitative estimate of drug-likeness (QED) is 0.757. The van der Waals surface area contributed by atoms with E-state index in [4.69, 9.17) is 4.74 Å². The molecule has 0 saturated heterocycles. The molecule has 0 aliphatic rings. The van der Waals surface area contributed by atoms with E-state index in [9.17, 15) is 0 Å². The molecular formula is C9H10AsNOS. The van der Waals surface area contributed by atoms with E-state index in [-0.39, 0.29) is 15.8 Å². The van der Waals surface area contributed by atoms with E-state index in [1.54, 1.807) is 18.4 Å². The van der Waals surface area contributed by atoms with Crippen LogP contribution in [0.1, 0.15) is 0 Å². The van der Waals surface area contributed by atoms with Gasteiger partial charge in [0.15, 0.2) is 0 Å². The van der Waals surface area contributed by atoms with Gasteiger partial charge in [-0.25, -0.2) is 0 Å². The summed E-state index contributed by atoms with van der Waals surface area (Å²) in [5.41, 5.74) is 3.32. The molecule has 0 aliphatic heterocycles. The number of thiazole rings is 1. The van der Waals surface area contributed by atoms with Gasteiger partial charge in [-0.15, -0.1) is 0 Å². The maximum absolute atomic E-state index is 5.14. The van der Waals surface area contributed by atoms with E-state index in [0.717, 1.165) is 11.3 Å². The summed E-state index contributed by atoms with van der Waals surface area (Å²) >= 11 is 1.80. The van der Waals surface area contributed by atoms with Gasteiger partial charge >= 0.3 is 87.6 Å². The van der Waals surface area contributed by atoms with Crippen molar-refractivity contribution in [2.75, 3.05) is 7.11 Å².